The van der Waals surface area contributed by atoms with Gasteiger partial charge in [-0.25, -0.2) is 18.4 Å². The molecule has 5 heterocycles. The normalized spacial score (nSPS) is 14.1. The summed E-state index contributed by atoms with van der Waals surface area (Å²) in [6.07, 6.45) is 4.84. The first-order valence-electron chi connectivity index (χ1n) is 16.0. The van der Waals surface area contributed by atoms with Crippen molar-refractivity contribution in [3.8, 4) is 0 Å². The summed E-state index contributed by atoms with van der Waals surface area (Å²) in [5.41, 5.74) is 6.06. The molecule has 3 aromatic carbocycles. The van der Waals surface area contributed by atoms with Crippen molar-refractivity contribution in [2.75, 3.05) is 27.4 Å². The second-order valence-electron chi connectivity index (χ2n) is 12.1. The van der Waals surface area contributed by atoms with E-state index in [1.165, 1.54) is 26.4 Å². The number of hydrogen-bond acceptors (Lipinski definition) is 7. The minimum absolute atomic E-state index is 0.00499. The lowest BCUT2D eigenvalue weighted by molar-refractivity contribution is 0.0548. The summed E-state index contributed by atoms with van der Waals surface area (Å²) >= 11 is 6.88. The van der Waals surface area contributed by atoms with Crippen LogP contribution in [-0.4, -0.2) is 58.9 Å². The highest BCUT2D eigenvalue weighted by molar-refractivity contribution is 9.10. The van der Waals surface area contributed by atoms with Gasteiger partial charge in [0.1, 0.15) is 11.6 Å². The Labute approximate surface area is 307 Å². The van der Waals surface area contributed by atoms with Crippen molar-refractivity contribution >= 4 is 87.7 Å². The van der Waals surface area contributed by atoms with Gasteiger partial charge in [-0.05, 0) is 117 Å². The van der Waals surface area contributed by atoms with Crippen LogP contribution in [0.3, 0.4) is 0 Å². The highest BCUT2D eigenvalue weighted by Crippen LogP contribution is 2.42. The van der Waals surface area contributed by atoms with Gasteiger partial charge >= 0.3 is 11.9 Å². The van der Waals surface area contributed by atoms with Crippen LogP contribution in [0, 0.1) is 17.6 Å². The molecule has 0 aliphatic carbocycles. The fourth-order valence-corrected chi connectivity index (χ4v) is 7.45. The smallest absolute Gasteiger partial charge is 0.337 e. The average Bonchev–Trinajstić information content (AvgIpc) is 3.66. The fraction of sp³-hybridized carbons (Fsp3) is 0.211. The molecule has 0 bridgehead atoms. The minimum atomic E-state index is -0.520. The number of nitrogens with zero attached hydrogens (tertiary/aromatic N) is 3. The molecule has 1 aliphatic heterocycles. The number of H-pyrrole nitrogens is 1. The molecule has 260 valence electrons. The zero-order valence-electron chi connectivity index (χ0n) is 27.4. The second kappa shape index (κ2) is 14.5. The van der Waals surface area contributed by atoms with E-state index in [2.05, 4.69) is 46.8 Å². The molecular weight excluding hydrogens is 790 g/mol. The number of fused-ring (bicyclic) bond motifs is 6. The number of carbonyl (C=O) groups excluding carboxylic acids is 2. The van der Waals surface area contributed by atoms with Crippen LogP contribution < -0.4 is 0 Å². The summed E-state index contributed by atoms with van der Waals surface area (Å²) < 4.78 is 48.4. The van der Waals surface area contributed by atoms with Crippen LogP contribution in [0.2, 0.25) is 0 Å². The number of aromatic nitrogens is 4. The molecule has 9 nitrogen and oxygen atoms in total. The van der Waals surface area contributed by atoms with Crippen LogP contribution in [0.5, 0.6) is 0 Å². The lowest BCUT2D eigenvalue weighted by Crippen LogP contribution is -2.27. The van der Waals surface area contributed by atoms with Crippen LogP contribution in [-0.2, 0) is 14.2 Å². The van der Waals surface area contributed by atoms with E-state index >= 15 is 4.39 Å². The van der Waals surface area contributed by atoms with E-state index < -0.39 is 23.6 Å². The highest BCUT2D eigenvalue weighted by atomic mass is 79.9. The van der Waals surface area contributed by atoms with Crippen LogP contribution >= 0.6 is 31.9 Å². The standard InChI is InChI=1S/C25H21BrF2N2O3.C13H9BrN2O2/c1-32-25(31)15-2-4-18-21(10-15)30(22-11-16(26)13-29-23(18)22)24(14-6-8-33-9-7-14)19-12-17(27)3-5-20(19)28;1-18-13(17)7-2-3-9-10(4-7)16-11-5-8(14)6-15-12(9)11/h2-5,10-14,24H,6-9H2,1H3;2-6,16H,1H3. The van der Waals surface area contributed by atoms with Crippen molar-refractivity contribution in [2.45, 2.75) is 18.9 Å². The third-order valence-corrected chi connectivity index (χ3v) is 9.98. The summed E-state index contributed by atoms with van der Waals surface area (Å²) in [6, 6.07) is 17.6. The number of aromatic amines is 1. The van der Waals surface area contributed by atoms with Gasteiger partial charge in [-0.2, -0.15) is 0 Å². The molecule has 7 aromatic rings. The number of halogens is 4. The number of rotatable bonds is 5. The Kier molecular flexibility index (Phi) is 9.86. The Hall–Kier alpha value is -4.72. The van der Waals surface area contributed by atoms with E-state index in [0.717, 1.165) is 53.4 Å². The lowest BCUT2D eigenvalue weighted by Gasteiger charge is -2.33. The van der Waals surface area contributed by atoms with E-state index in [0.29, 0.717) is 42.7 Å². The number of esters is 2. The molecule has 1 saturated heterocycles. The van der Waals surface area contributed by atoms with Gasteiger partial charge in [0.05, 0.1) is 59.0 Å². The van der Waals surface area contributed by atoms with E-state index in [1.807, 2.05) is 28.8 Å². The van der Waals surface area contributed by atoms with Crippen molar-refractivity contribution < 1.29 is 32.6 Å². The molecule has 0 spiro atoms. The molecule has 1 unspecified atom stereocenters. The van der Waals surface area contributed by atoms with Gasteiger partial charge in [-0.1, -0.05) is 0 Å². The molecule has 51 heavy (non-hydrogen) atoms. The number of nitrogens with one attached hydrogen (secondary N) is 1. The summed E-state index contributed by atoms with van der Waals surface area (Å²) in [5.74, 6) is -1.80. The Bertz CT molecular complexity index is 2460. The van der Waals surface area contributed by atoms with Crippen LogP contribution in [0.15, 0.2) is 88.1 Å². The van der Waals surface area contributed by atoms with Gasteiger partial charge in [0.2, 0.25) is 0 Å². The maximum atomic E-state index is 15.2. The quantitative estimate of drug-likeness (QED) is 0.173. The first-order chi connectivity index (χ1) is 24.7. The number of benzene rings is 3. The number of carbonyl (C=O) groups is 2. The molecule has 0 amide bonds. The highest BCUT2D eigenvalue weighted by Gasteiger charge is 2.32. The number of hydrogen-bond donors (Lipinski definition) is 1. The maximum Gasteiger partial charge on any atom is 0.337 e. The van der Waals surface area contributed by atoms with Crippen molar-refractivity contribution in [2.24, 2.45) is 5.92 Å². The van der Waals surface area contributed by atoms with Gasteiger partial charge in [-0.15, -0.1) is 0 Å². The van der Waals surface area contributed by atoms with Crippen molar-refractivity contribution in [1.82, 2.24) is 19.5 Å². The fourth-order valence-electron chi connectivity index (χ4n) is 6.80. The van der Waals surface area contributed by atoms with Gasteiger partial charge in [0, 0.05) is 56.4 Å². The molecule has 1 atom stereocenters. The molecule has 4 aromatic heterocycles. The van der Waals surface area contributed by atoms with E-state index in [1.54, 1.807) is 36.7 Å². The first kappa shape index (κ1) is 34.7. The molecular formula is C38H30Br2F2N4O5. The van der Waals surface area contributed by atoms with E-state index in [4.69, 9.17) is 14.2 Å². The van der Waals surface area contributed by atoms with Gasteiger partial charge in [0.15, 0.2) is 0 Å². The second-order valence-corrected chi connectivity index (χ2v) is 13.9. The van der Waals surface area contributed by atoms with Crippen molar-refractivity contribution in [3.05, 3.63) is 116 Å². The largest absolute Gasteiger partial charge is 0.465 e. The maximum absolute atomic E-state index is 15.2. The number of methoxy groups -OCH3 is 2. The summed E-state index contributed by atoms with van der Waals surface area (Å²) in [6.45, 7) is 1.09. The van der Waals surface area contributed by atoms with Crippen molar-refractivity contribution in [3.63, 3.8) is 0 Å². The lowest BCUT2D eigenvalue weighted by atomic mass is 9.86. The topological polar surface area (TPSA) is 108 Å². The molecule has 1 fully saturated rings. The third-order valence-electron chi connectivity index (χ3n) is 9.11. The molecule has 1 N–H and O–H groups in total. The zero-order valence-corrected chi connectivity index (χ0v) is 30.6. The SMILES string of the molecule is COC(=O)c1ccc2c(c1)[nH]c1cc(Br)cnc12.COC(=O)c1ccc2c3ncc(Br)cc3n(C(c3cc(F)ccc3F)C3CCOCC3)c2c1. The predicted molar refractivity (Wildman–Crippen MR) is 197 cm³/mol. The number of pyridine rings is 2. The minimum Gasteiger partial charge on any atom is -0.465 e. The molecule has 13 heteroatoms. The third kappa shape index (κ3) is 6.73. The van der Waals surface area contributed by atoms with Gasteiger partial charge < -0.3 is 23.8 Å². The average molecular weight is 820 g/mol. The van der Waals surface area contributed by atoms with Crippen LogP contribution in [0.4, 0.5) is 8.78 Å². The van der Waals surface area contributed by atoms with Crippen molar-refractivity contribution in [1.29, 1.82) is 0 Å². The molecule has 0 radical (unpaired) electrons. The van der Waals surface area contributed by atoms with E-state index in [9.17, 15) is 14.0 Å². The Balaban J connectivity index is 0.000000190. The summed E-state index contributed by atoms with van der Waals surface area (Å²) in [5, 5.41) is 1.81. The van der Waals surface area contributed by atoms with Gasteiger partial charge in [0.25, 0.3) is 0 Å². The molecule has 1 aliphatic rings. The summed E-state index contributed by atoms with van der Waals surface area (Å²) in [4.78, 5) is 36.0. The summed E-state index contributed by atoms with van der Waals surface area (Å²) in [7, 11) is 2.70. The Morgan fingerprint density at radius 3 is 2.16 bits per heavy atom. The molecule has 8 rings (SSSR count). The predicted octanol–water partition coefficient (Wildman–Crippen LogP) is 9.30. The van der Waals surface area contributed by atoms with Gasteiger partial charge in [-0.3, -0.25) is 9.97 Å². The first-order valence-corrected chi connectivity index (χ1v) is 17.6. The Morgan fingerprint density at radius 1 is 0.804 bits per heavy atom. The number of ether oxygens (including phenoxy) is 3. The van der Waals surface area contributed by atoms with Crippen LogP contribution in [0.25, 0.3) is 43.9 Å². The molecule has 0 saturated carbocycles. The van der Waals surface area contributed by atoms with Crippen LogP contribution in [0.1, 0.15) is 45.2 Å². The Morgan fingerprint density at radius 2 is 1.45 bits per heavy atom. The monoisotopic (exact) mass is 818 g/mol. The zero-order chi connectivity index (χ0) is 35.8. The van der Waals surface area contributed by atoms with E-state index in [-0.39, 0.29) is 17.5 Å².